The van der Waals surface area contributed by atoms with Gasteiger partial charge >= 0.3 is 0 Å². The lowest BCUT2D eigenvalue weighted by molar-refractivity contribution is -0.143. The number of aliphatic hydroxyl groups is 1. The quantitative estimate of drug-likeness (QED) is 0.811. The van der Waals surface area contributed by atoms with E-state index in [0.717, 1.165) is 12.8 Å². The first kappa shape index (κ1) is 15.5. The van der Waals surface area contributed by atoms with E-state index in [-0.39, 0.29) is 0 Å². The lowest BCUT2D eigenvalue weighted by atomic mass is 9.66. The zero-order valence-corrected chi connectivity index (χ0v) is 12.5. The van der Waals surface area contributed by atoms with E-state index in [2.05, 4.69) is 13.8 Å². The first-order valence-corrected chi connectivity index (χ1v) is 7.00. The van der Waals surface area contributed by atoms with Crippen molar-refractivity contribution in [2.75, 3.05) is 0 Å². The molecule has 1 fully saturated rings. The topological polar surface area (TPSA) is 63.3 Å². The minimum atomic E-state index is -1.02. The molecule has 1 amide bonds. The maximum absolute atomic E-state index is 11.5. The monoisotopic (exact) mass is 255 g/mol. The molecule has 3 heteroatoms. The van der Waals surface area contributed by atoms with E-state index in [9.17, 15) is 9.90 Å². The van der Waals surface area contributed by atoms with E-state index in [4.69, 9.17) is 5.73 Å². The fourth-order valence-corrected chi connectivity index (χ4v) is 2.75. The van der Waals surface area contributed by atoms with Gasteiger partial charge in [0.2, 0.25) is 5.91 Å². The van der Waals surface area contributed by atoms with Crippen LogP contribution in [0.4, 0.5) is 0 Å². The molecule has 0 heterocycles. The van der Waals surface area contributed by atoms with Crippen LogP contribution in [0.5, 0.6) is 0 Å². The summed E-state index contributed by atoms with van der Waals surface area (Å²) in [5.74, 6) is 0.0790. The minimum absolute atomic E-state index is 0.427. The Balaban J connectivity index is 2.65. The van der Waals surface area contributed by atoms with Crippen LogP contribution in [-0.4, -0.2) is 16.6 Å². The molecule has 0 spiro atoms. The number of rotatable bonds is 4. The summed E-state index contributed by atoms with van der Waals surface area (Å²) in [6.45, 7) is 9.82. The number of primary amides is 1. The molecule has 0 saturated heterocycles. The van der Waals surface area contributed by atoms with Gasteiger partial charge < -0.3 is 10.8 Å². The van der Waals surface area contributed by atoms with Gasteiger partial charge in [0.25, 0.3) is 0 Å². The molecule has 0 aromatic rings. The van der Waals surface area contributed by atoms with Gasteiger partial charge in [-0.05, 0) is 64.2 Å². The highest BCUT2D eigenvalue weighted by molar-refractivity contribution is 5.81. The smallest absolute Gasteiger partial charge is 0.225 e. The normalized spacial score (nSPS) is 24.6. The molecule has 1 atom stereocenters. The van der Waals surface area contributed by atoms with E-state index in [1.807, 2.05) is 0 Å². The highest BCUT2D eigenvalue weighted by Crippen LogP contribution is 2.44. The number of carbonyl (C=O) groups excluding carboxylic acids is 1. The average Bonchev–Trinajstić information content (AvgIpc) is 2.20. The summed E-state index contributed by atoms with van der Waals surface area (Å²) in [6.07, 6.45) is 5.34. The third kappa shape index (κ3) is 3.25. The van der Waals surface area contributed by atoms with Gasteiger partial charge in [0.15, 0.2) is 0 Å². The summed E-state index contributed by atoms with van der Waals surface area (Å²) in [7, 11) is 0. The molecule has 0 aliphatic heterocycles. The van der Waals surface area contributed by atoms with Gasteiger partial charge in [-0.15, -0.1) is 0 Å². The van der Waals surface area contributed by atoms with E-state index >= 15 is 0 Å². The molecular weight excluding hydrogens is 226 g/mol. The molecule has 1 aliphatic carbocycles. The van der Waals surface area contributed by atoms with Crippen LogP contribution in [0.25, 0.3) is 0 Å². The predicted octanol–water partition coefficient (Wildman–Crippen LogP) is 2.86. The van der Waals surface area contributed by atoms with Crippen LogP contribution >= 0.6 is 0 Å². The maximum Gasteiger partial charge on any atom is 0.225 e. The first-order chi connectivity index (χ1) is 7.98. The molecule has 3 N–H and O–H groups in total. The average molecular weight is 255 g/mol. The largest absolute Gasteiger partial charge is 0.389 e. The third-order valence-corrected chi connectivity index (χ3v) is 5.11. The Bertz CT molecular complexity index is 308. The molecule has 3 nitrogen and oxygen atoms in total. The molecule has 1 unspecified atom stereocenters. The maximum atomic E-state index is 11.5. The molecule has 1 aliphatic rings. The van der Waals surface area contributed by atoms with Crippen LogP contribution in [0.3, 0.4) is 0 Å². The van der Waals surface area contributed by atoms with Crippen molar-refractivity contribution in [2.45, 2.75) is 72.3 Å². The molecule has 0 aromatic carbocycles. The molecule has 18 heavy (non-hydrogen) atoms. The van der Waals surface area contributed by atoms with Crippen molar-refractivity contribution in [3.05, 3.63) is 0 Å². The Morgan fingerprint density at radius 2 is 1.72 bits per heavy atom. The highest BCUT2D eigenvalue weighted by atomic mass is 16.3. The molecule has 106 valence electrons. The van der Waals surface area contributed by atoms with Gasteiger partial charge in [-0.25, -0.2) is 0 Å². The Hall–Kier alpha value is -0.570. The summed E-state index contributed by atoms with van der Waals surface area (Å²) in [5.41, 5.74) is 3.94. The van der Waals surface area contributed by atoms with Crippen LogP contribution < -0.4 is 5.73 Å². The molecular formula is C15H29NO2. The van der Waals surface area contributed by atoms with Gasteiger partial charge in [-0.3, -0.25) is 4.79 Å². The third-order valence-electron chi connectivity index (χ3n) is 5.11. The van der Waals surface area contributed by atoms with Crippen LogP contribution in [0.2, 0.25) is 0 Å². The summed E-state index contributed by atoms with van der Waals surface area (Å²) >= 11 is 0. The van der Waals surface area contributed by atoms with E-state index in [1.54, 1.807) is 20.8 Å². The number of amides is 1. The van der Waals surface area contributed by atoms with E-state index < -0.39 is 16.9 Å². The number of carbonyl (C=O) groups is 1. The molecule has 0 radical (unpaired) electrons. The Labute approximate surface area is 111 Å². The van der Waals surface area contributed by atoms with Crippen molar-refractivity contribution >= 4 is 5.91 Å². The van der Waals surface area contributed by atoms with Gasteiger partial charge in [0, 0.05) is 0 Å². The van der Waals surface area contributed by atoms with Crippen LogP contribution in [0.1, 0.15) is 66.7 Å². The van der Waals surface area contributed by atoms with Crippen molar-refractivity contribution in [2.24, 2.45) is 22.5 Å². The van der Waals surface area contributed by atoms with Crippen LogP contribution in [0.15, 0.2) is 0 Å². The fourth-order valence-electron chi connectivity index (χ4n) is 2.75. The van der Waals surface area contributed by atoms with Gasteiger partial charge in [0.05, 0.1) is 11.0 Å². The predicted molar refractivity (Wildman–Crippen MR) is 74.0 cm³/mol. The van der Waals surface area contributed by atoms with Crippen molar-refractivity contribution in [1.29, 1.82) is 0 Å². The Morgan fingerprint density at radius 3 is 2.11 bits per heavy atom. The SMILES string of the molecule is CC1(C)CCC(CC(C)(O)C(C)(C)C(N)=O)CC1. The number of hydrogen-bond acceptors (Lipinski definition) is 2. The Morgan fingerprint density at radius 1 is 1.28 bits per heavy atom. The second kappa shape index (κ2) is 4.84. The minimum Gasteiger partial charge on any atom is -0.389 e. The lowest BCUT2D eigenvalue weighted by Gasteiger charge is -2.42. The summed E-state index contributed by atoms with van der Waals surface area (Å²) < 4.78 is 0. The second-order valence-electron chi connectivity index (χ2n) is 7.57. The first-order valence-electron chi connectivity index (χ1n) is 7.00. The van der Waals surface area contributed by atoms with Gasteiger partial charge in [0.1, 0.15) is 0 Å². The standard InChI is InChI=1S/C15H29NO2/c1-13(2)8-6-11(7-9-13)10-15(5,18)14(3,4)12(16)17/h11,18H,6-10H2,1-5H3,(H2,16,17). The zero-order valence-electron chi connectivity index (χ0n) is 12.5. The van der Waals surface area contributed by atoms with E-state index in [1.165, 1.54) is 12.8 Å². The molecule has 0 aromatic heterocycles. The van der Waals surface area contributed by atoms with Crippen LogP contribution in [0, 0.1) is 16.7 Å². The number of hydrogen-bond donors (Lipinski definition) is 2. The van der Waals surface area contributed by atoms with Gasteiger partial charge in [-0.2, -0.15) is 0 Å². The molecule has 1 saturated carbocycles. The fraction of sp³-hybridized carbons (Fsp3) is 0.933. The lowest BCUT2D eigenvalue weighted by Crippen LogP contribution is -2.51. The summed E-state index contributed by atoms with van der Waals surface area (Å²) in [6, 6.07) is 0. The highest BCUT2D eigenvalue weighted by Gasteiger charge is 2.45. The zero-order chi connectivity index (χ0) is 14.2. The van der Waals surface area contributed by atoms with Crippen molar-refractivity contribution in [3.8, 4) is 0 Å². The van der Waals surface area contributed by atoms with Crippen molar-refractivity contribution < 1.29 is 9.90 Å². The number of nitrogens with two attached hydrogens (primary N) is 1. The molecule has 1 rings (SSSR count). The summed E-state index contributed by atoms with van der Waals surface area (Å²) in [5, 5.41) is 10.6. The van der Waals surface area contributed by atoms with E-state index in [0.29, 0.717) is 17.8 Å². The summed E-state index contributed by atoms with van der Waals surface area (Å²) in [4.78, 5) is 11.5. The molecule has 0 bridgehead atoms. The van der Waals surface area contributed by atoms with Crippen molar-refractivity contribution in [1.82, 2.24) is 0 Å². The Kier molecular flexibility index (Phi) is 4.16. The second-order valence-corrected chi connectivity index (χ2v) is 7.57. The van der Waals surface area contributed by atoms with Gasteiger partial charge in [-0.1, -0.05) is 13.8 Å². The van der Waals surface area contributed by atoms with Crippen molar-refractivity contribution in [3.63, 3.8) is 0 Å². The van der Waals surface area contributed by atoms with Crippen LogP contribution in [-0.2, 0) is 4.79 Å².